The Hall–Kier alpha value is -1.69. The quantitative estimate of drug-likeness (QED) is 0.837. The normalized spacial score (nSPS) is 28.7. The highest BCUT2D eigenvalue weighted by atomic mass is 16.2. The topological polar surface area (TPSA) is 52.6 Å². The largest absolute Gasteiger partial charge is 0.355 e. The minimum atomic E-state index is 0.181. The number of aromatic nitrogens is 2. The van der Waals surface area contributed by atoms with E-state index in [-0.39, 0.29) is 5.92 Å². The molecule has 136 valence electrons. The monoisotopic (exact) mass is 343 g/mol. The molecule has 0 N–H and O–H groups in total. The van der Waals surface area contributed by atoms with Crippen molar-refractivity contribution in [2.45, 2.75) is 50.6 Å². The molecule has 0 saturated carbocycles. The Balaban J connectivity index is 1.37. The summed E-state index contributed by atoms with van der Waals surface area (Å²) in [6.07, 6.45) is 12.0. The zero-order valence-electron chi connectivity index (χ0n) is 15.2. The number of hydrogen-bond donors (Lipinski definition) is 0. The molecule has 6 nitrogen and oxygen atoms in total. The van der Waals surface area contributed by atoms with Crippen molar-refractivity contribution in [3.05, 3.63) is 18.6 Å². The summed E-state index contributed by atoms with van der Waals surface area (Å²) in [5, 5.41) is 0. The fraction of sp³-hybridized carbons (Fsp3) is 0.737. The van der Waals surface area contributed by atoms with E-state index in [1.165, 1.54) is 32.2 Å². The minimum Gasteiger partial charge on any atom is -0.355 e. The first kappa shape index (κ1) is 16.8. The van der Waals surface area contributed by atoms with Crippen LogP contribution in [-0.4, -0.2) is 71.0 Å². The summed E-state index contributed by atoms with van der Waals surface area (Å²) in [4.78, 5) is 28.7. The molecule has 4 rings (SSSR count). The molecule has 4 heterocycles. The number of rotatable bonds is 3. The van der Waals surface area contributed by atoms with Gasteiger partial charge in [0.25, 0.3) is 0 Å². The highest BCUT2D eigenvalue weighted by Crippen LogP contribution is 2.32. The maximum absolute atomic E-state index is 13.2. The van der Waals surface area contributed by atoms with Gasteiger partial charge in [0.1, 0.15) is 5.82 Å². The Morgan fingerprint density at radius 1 is 1.00 bits per heavy atom. The molecule has 2 atom stereocenters. The van der Waals surface area contributed by atoms with Gasteiger partial charge in [0, 0.05) is 50.0 Å². The third-order valence-electron chi connectivity index (χ3n) is 6.32. The van der Waals surface area contributed by atoms with E-state index >= 15 is 0 Å². The van der Waals surface area contributed by atoms with E-state index in [0.29, 0.717) is 18.0 Å². The molecule has 1 aromatic heterocycles. The lowest BCUT2D eigenvalue weighted by molar-refractivity contribution is -0.138. The van der Waals surface area contributed by atoms with Crippen LogP contribution >= 0.6 is 0 Å². The van der Waals surface area contributed by atoms with Gasteiger partial charge in [-0.25, -0.2) is 4.98 Å². The van der Waals surface area contributed by atoms with E-state index in [1.807, 2.05) is 6.20 Å². The predicted octanol–water partition coefficient (Wildman–Crippen LogP) is 1.78. The summed E-state index contributed by atoms with van der Waals surface area (Å²) >= 11 is 0. The maximum atomic E-state index is 13.2. The van der Waals surface area contributed by atoms with Gasteiger partial charge in [0.05, 0.1) is 6.20 Å². The lowest BCUT2D eigenvalue weighted by Crippen LogP contribution is -2.50. The summed E-state index contributed by atoms with van der Waals surface area (Å²) in [5.74, 6) is 1.52. The van der Waals surface area contributed by atoms with Crippen LogP contribution in [0.4, 0.5) is 5.82 Å². The summed E-state index contributed by atoms with van der Waals surface area (Å²) in [7, 11) is 2.22. The van der Waals surface area contributed by atoms with Gasteiger partial charge < -0.3 is 14.7 Å². The average molecular weight is 343 g/mol. The molecule has 0 unspecified atom stereocenters. The average Bonchev–Trinajstić information content (AvgIpc) is 3.30. The molecular formula is C19H29N5O. The first-order valence-corrected chi connectivity index (χ1v) is 9.76. The summed E-state index contributed by atoms with van der Waals surface area (Å²) in [6, 6.07) is 1.02. The number of hydrogen-bond acceptors (Lipinski definition) is 5. The van der Waals surface area contributed by atoms with Gasteiger partial charge in [-0.1, -0.05) is 0 Å². The van der Waals surface area contributed by atoms with E-state index in [0.717, 1.165) is 38.3 Å². The van der Waals surface area contributed by atoms with Crippen LogP contribution in [0.1, 0.15) is 38.5 Å². The molecule has 3 saturated heterocycles. The van der Waals surface area contributed by atoms with Crippen LogP contribution in [0.2, 0.25) is 0 Å². The molecule has 0 spiro atoms. The molecule has 1 amide bonds. The Kier molecular flexibility index (Phi) is 4.88. The molecule has 0 radical (unpaired) electrons. The van der Waals surface area contributed by atoms with Crippen LogP contribution in [0.3, 0.4) is 0 Å². The van der Waals surface area contributed by atoms with Crippen molar-refractivity contribution in [1.82, 2.24) is 19.8 Å². The number of likely N-dealkylation sites (N-methyl/N-ethyl adjacent to an activating group) is 1. The van der Waals surface area contributed by atoms with Gasteiger partial charge in [-0.05, 0) is 52.1 Å². The smallest absolute Gasteiger partial charge is 0.226 e. The first-order chi connectivity index (χ1) is 12.2. The standard InChI is InChI=1S/C19H29N5O/c1-22-10-2-4-16(22)17-5-3-11-24(17)19(25)15-6-12-23(13-7-15)18-14-20-8-9-21-18/h8-9,14-17H,2-7,10-13H2,1H3/t16-,17-/m1/s1. The second-order valence-electron chi connectivity index (χ2n) is 7.76. The predicted molar refractivity (Wildman–Crippen MR) is 97.4 cm³/mol. The third kappa shape index (κ3) is 3.36. The second kappa shape index (κ2) is 7.28. The lowest BCUT2D eigenvalue weighted by Gasteiger charge is -2.38. The van der Waals surface area contributed by atoms with Crippen LogP contribution in [0.5, 0.6) is 0 Å². The fourth-order valence-electron chi connectivity index (χ4n) is 4.93. The number of piperidine rings is 1. The molecule has 0 aromatic carbocycles. The zero-order valence-corrected chi connectivity index (χ0v) is 15.2. The molecule has 3 fully saturated rings. The molecule has 0 aliphatic carbocycles. The van der Waals surface area contributed by atoms with Crippen LogP contribution in [-0.2, 0) is 4.79 Å². The third-order valence-corrected chi connectivity index (χ3v) is 6.32. The van der Waals surface area contributed by atoms with Crippen molar-refractivity contribution in [2.75, 3.05) is 38.1 Å². The minimum absolute atomic E-state index is 0.181. The van der Waals surface area contributed by atoms with Crippen LogP contribution < -0.4 is 4.90 Å². The van der Waals surface area contributed by atoms with Crippen molar-refractivity contribution in [2.24, 2.45) is 5.92 Å². The van der Waals surface area contributed by atoms with Gasteiger partial charge in [0.15, 0.2) is 0 Å². The number of likely N-dealkylation sites (tertiary alicyclic amines) is 2. The molecule has 3 aliphatic heterocycles. The summed E-state index contributed by atoms with van der Waals surface area (Å²) < 4.78 is 0. The fourth-order valence-corrected chi connectivity index (χ4v) is 4.93. The van der Waals surface area contributed by atoms with Crippen molar-refractivity contribution in [3.8, 4) is 0 Å². The number of carbonyl (C=O) groups excluding carboxylic acids is 1. The van der Waals surface area contributed by atoms with Crippen LogP contribution in [0, 0.1) is 5.92 Å². The number of amides is 1. The van der Waals surface area contributed by atoms with Gasteiger partial charge >= 0.3 is 0 Å². The lowest BCUT2D eigenvalue weighted by atomic mass is 9.94. The van der Waals surface area contributed by atoms with Gasteiger partial charge in [-0.3, -0.25) is 9.78 Å². The number of anilines is 1. The summed E-state index contributed by atoms with van der Waals surface area (Å²) in [5.41, 5.74) is 0. The van der Waals surface area contributed by atoms with E-state index in [9.17, 15) is 4.79 Å². The highest BCUT2D eigenvalue weighted by Gasteiger charge is 2.40. The SMILES string of the molecule is CN1CCC[C@@H]1[C@H]1CCCN1C(=O)C1CCN(c2cnccn2)CC1. The Morgan fingerprint density at radius 3 is 2.44 bits per heavy atom. The van der Waals surface area contributed by atoms with E-state index in [4.69, 9.17) is 0 Å². The second-order valence-corrected chi connectivity index (χ2v) is 7.76. The molecule has 0 bridgehead atoms. The Morgan fingerprint density at radius 2 is 1.76 bits per heavy atom. The van der Waals surface area contributed by atoms with Gasteiger partial charge in [-0.2, -0.15) is 0 Å². The molecule has 3 aliphatic rings. The van der Waals surface area contributed by atoms with Crippen LogP contribution in [0.25, 0.3) is 0 Å². The van der Waals surface area contributed by atoms with Crippen LogP contribution in [0.15, 0.2) is 18.6 Å². The number of carbonyl (C=O) groups is 1. The summed E-state index contributed by atoms with van der Waals surface area (Å²) in [6.45, 7) is 3.94. The van der Waals surface area contributed by atoms with Crippen molar-refractivity contribution in [3.63, 3.8) is 0 Å². The first-order valence-electron chi connectivity index (χ1n) is 9.76. The van der Waals surface area contributed by atoms with Crippen molar-refractivity contribution in [1.29, 1.82) is 0 Å². The molecule has 6 heteroatoms. The zero-order chi connectivity index (χ0) is 17.2. The Bertz CT molecular complexity index is 587. The molecule has 1 aromatic rings. The van der Waals surface area contributed by atoms with Gasteiger partial charge in [0.2, 0.25) is 5.91 Å². The maximum Gasteiger partial charge on any atom is 0.226 e. The Labute approximate surface area is 150 Å². The number of nitrogens with zero attached hydrogens (tertiary/aromatic N) is 5. The van der Waals surface area contributed by atoms with E-state index in [2.05, 4.69) is 31.7 Å². The van der Waals surface area contributed by atoms with Gasteiger partial charge in [-0.15, -0.1) is 0 Å². The highest BCUT2D eigenvalue weighted by molar-refractivity contribution is 5.80. The van der Waals surface area contributed by atoms with E-state index in [1.54, 1.807) is 12.4 Å². The molecule has 25 heavy (non-hydrogen) atoms. The van der Waals surface area contributed by atoms with Crippen molar-refractivity contribution >= 4 is 11.7 Å². The van der Waals surface area contributed by atoms with E-state index < -0.39 is 0 Å². The van der Waals surface area contributed by atoms with Crippen molar-refractivity contribution < 1.29 is 4.79 Å². The molecular weight excluding hydrogens is 314 g/mol.